The maximum atomic E-state index is 13.7. The Balaban J connectivity index is 2.20. The summed E-state index contributed by atoms with van der Waals surface area (Å²) in [6.45, 7) is 1.56. The third-order valence-corrected chi connectivity index (χ3v) is 5.17. The number of hydrogen-bond donors (Lipinski definition) is 0. The van der Waals surface area contributed by atoms with Gasteiger partial charge in [0.05, 0.1) is 26.2 Å². The van der Waals surface area contributed by atoms with Gasteiger partial charge < -0.3 is 14.2 Å². The Bertz CT molecular complexity index is 649. The number of halogens is 5. The zero-order valence-electron chi connectivity index (χ0n) is 18.6. The lowest BCUT2D eigenvalue weighted by molar-refractivity contribution is -0.141. The normalized spacial score (nSPS) is 17.9. The van der Waals surface area contributed by atoms with Crippen molar-refractivity contribution in [2.45, 2.75) is 71.1 Å². The smallest absolute Gasteiger partial charge is 0.313 e. The number of carbonyl (C=O) groups excluding carboxylic acids is 1. The molecule has 1 aliphatic carbocycles. The number of ether oxygens (including phenoxy) is 3. The molecule has 1 rings (SSSR count). The molecule has 0 aromatic rings. The van der Waals surface area contributed by atoms with Crippen molar-refractivity contribution in [2.75, 3.05) is 26.4 Å². The lowest BCUT2D eigenvalue weighted by atomic mass is 9.88. The summed E-state index contributed by atoms with van der Waals surface area (Å²) >= 11 is 0. The van der Waals surface area contributed by atoms with E-state index in [4.69, 9.17) is 9.47 Å². The summed E-state index contributed by atoms with van der Waals surface area (Å²) in [4.78, 5) is 11.7. The SMILES string of the molecule is C\C(F)=C(F)/C(F)=C(OC(=O)CCOCCOCCCC1CCCCCCC1)\C(F)=C\F. The predicted octanol–water partition coefficient (Wildman–Crippen LogP) is 7.23. The fourth-order valence-electron chi connectivity index (χ4n) is 3.44. The van der Waals surface area contributed by atoms with Crippen LogP contribution in [-0.4, -0.2) is 32.4 Å². The maximum Gasteiger partial charge on any atom is 0.313 e. The fraction of sp³-hybridized carbons (Fsp3) is 0.696. The number of allylic oxidation sites excluding steroid dienone is 4. The molecule has 0 atom stereocenters. The lowest BCUT2D eigenvalue weighted by Crippen LogP contribution is -2.12. The summed E-state index contributed by atoms with van der Waals surface area (Å²) < 4.78 is 80.4. The molecule has 0 aromatic carbocycles. The van der Waals surface area contributed by atoms with Gasteiger partial charge in [0, 0.05) is 6.61 Å². The molecular weight excluding hydrogens is 435 g/mol. The van der Waals surface area contributed by atoms with Gasteiger partial charge in [0.25, 0.3) is 0 Å². The van der Waals surface area contributed by atoms with Crippen LogP contribution >= 0.6 is 0 Å². The molecule has 0 spiro atoms. The quantitative estimate of drug-likeness (QED) is 0.0941. The Morgan fingerprint density at radius 3 is 2.06 bits per heavy atom. The van der Waals surface area contributed by atoms with Crippen LogP contribution in [0.5, 0.6) is 0 Å². The minimum atomic E-state index is -2.15. The molecular formula is C23H33F5O4. The van der Waals surface area contributed by atoms with Crippen molar-refractivity contribution in [3.05, 3.63) is 35.4 Å². The first-order valence-corrected chi connectivity index (χ1v) is 11.1. The zero-order valence-corrected chi connectivity index (χ0v) is 18.6. The highest BCUT2D eigenvalue weighted by Crippen LogP contribution is 2.28. The van der Waals surface area contributed by atoms with E-state index in [9.17, 15) is 26.7 Å². The van der Waals surface area contributed by atoms with Crippen LogP contribution in [0.3, 0.4) is 0 Å². The second kappa shape index (κ2) is 16.8. The van der Waals surface area contributed by atoms with Gasteiger partial charge in [0.15, 0.2) is 11.7 Å². The first-order valence-electron chi connectivity index (χ1n) is 11.1. The summed E-state index contributed by atoms with van der Waals surface area (Å²) in [7, 11) is 0. The van der Waals surface area contributed by atoms with E-state index in [2.05, 4.69) is 4.74 Å². The minimum absolute atomic E-state index is 0.152. The largest absolute Gasteiger partial charge is 0.420 e. The van der Waals surface area contributed by atoms with Crippen molar-refractivity contribution in [3.63, 3.8) is 0 Å². The van der Waals surface area contributed by atoms with Crippen LogP contribution in [0.2, 0.25) is 0 Å². The topological polar surface area (TPSA) is 44.8 Å². The van der Waals surface area contributed by atoms with Crippen LogP contribution in [-0.2, 0) is 19.0 Å². The number of rotatable bonds is 13. The van der Waals surface area contributed by atoms with E-state index >= 15 is 0 Å². The van der Waals surface area contributed by atoms with E-state index in [1.807, 2.05) is 0 Å². The molecule has 0 N–H and O–H groups in total. The van der Waals surface area contributed by atoms with Gasteiger partial charge in [-0.15, -0.1) is 0 Å². The van der Waals surface area contributed by atoms with Crippen LogP contribution in [0.25, 0.3) is 0 Å². The van der Waals surface area contributed by atoms with E-state index in [0.29, 0.717) is 20.1 Å². The van der Waals surface area contributed by atoms with Crippen molar-refractivity contribution in [3.8, 4) is 0 Å². The number of esters is 1. The Hall–Kier alpha value is -1.74. The van der Waals surface area contributed by atoms with Gasteiger partial charge >= 0.3 is 5.97 Å². The van der Waals surface area contributed by atoms with Crippen molar-refractivity contribution in [2.24, 2.45) is 5.92 Å². The third kappa shape index (κ3) is 11.8. The summed E-state index contributed by atoms with van der Waals surface area (Å²) in [5.41, 5.74) is 0. The van der Waals surface area contributed by atoms with Crippen molar-refractivity contribution >= 4 is 5.97 Å². The summed E-state index contributed by atoms with van der Waals surface area (Å²) in [5.74, 6) is -9.93. The highest BCUT2D eigenvalue weighted by atomic mass is 19.2. The maximum absolute atomic E-state index is 13.7. The van der Waals surface area contributed by atoms with E-state index in [1.54, 1.807) is 0 Å². The molecule has 32 heavy (non-hydrogen) atoms. The van der Waals surface area contributed by atoms with Crippen LogP contribution in [0, 0.1) is 5.92 Å². The summed E-state index contributed by atoms with van der Waals surface area (Å²) in [6, 6.07) is 0. The van der Waals surface area contributed by atoms with Gasteiger partial charge in [0.2, 0.25) is 11.6 Å². The van der Waals surface area contributed by atoms with Gasteiger partial charge in [-0.1, -0.05) is 44.9 Å². The molecule has 0 heterocycles. The van der Waals surface area contributed by atoms with Crippen LogP contribution in [0.15, 0.2) is 35.4 Å². The first-order chi connectivity index (χ1) is 15.4. The average molecular weight is 469 g/mol. The van der Waals surface area contributed by atoms with Gasteiger partial charge in [-0.25, -0.2) is 17.6 Å². The van der Waals surface area contributed by atoms with Gasteiger partial charge in [-0.05, 0) is 25.7 Å². The highest BCUT2D eigenvalue weighted by Gasteiger charge is 2.23. The molecule has 1 fully saturated rings. The standard InChI is InChI=1S/C23H33F5O4/c1-17(25)21(27)22(28)23(19(26)16-24)32-20(29)11-13-31-15-14-30-12-7-10-18-8-5-3-2-4-6-9-18/h16,18H,2-15H2,1H3/b19-16-,21-17-,23-22-. The third-order valence-electron chi connectivity index (χ3n) is 5.17. The molecule has 1 saturated carbocycles. The highest BCUT2D eigenvalue weighted by molar-refractivity contribution is 5.71. The first kappa shape index (κ1) is 28.3. The van der Waals surface area contributed by atoms with Gasteiger partial charge in [-0.3, -0.25) is 4.79 Å². The van der Waals surface area contributed by atoms with E-state index in [1.165, 1.54) is 44.9 Å². The molecule has 0 unspecified atom stereocenters. The van der Waals surface area contributed by atoms with Crippen molar-refractivity contribution in [1.82, 2.24) is 0 Å². The summed E-state index contributed by atoms with van der Waals surface area (Å²) in [5, 5.41) is 0. The molecule has 9 heteroatoms. The Labute approximate surface area is 186 Å². The van der Waals surface area contributed by atoms with E-state index < -0.39 is 47.8 Å². The zero-order chi connectivity index (χ0) is 23.8. The number of hydrogen-bond acceptors (Lipinski definition) is 4. The predicted molar refractivity (Wildman–Crippen MR) is 111 cm³/mol. The lowest BCUT2D eigenvalue weighted by Gasteiger charge is -2.19. The molecule has 0 amide bonds. The van der Waals surface area contributed by atoms with E-state index in [0.717, 1.165) is 18.8 Å². The molecule has 0 aliphatic heterocycles. The molecule has 0 aromatic heterocycles. The fourth-order valence-corrected chi connectivity index (χ4v) is 3.44. The van der Waals surface area contributed by atoms with Gasteiger partial charge in [-0.2, -0.15) is 4.39 Å². The molecule has 1 aliphatic rings. The average Bonchev–Trinajstić information content (AvgIpc) is 2.75. The Kier molecular flexibility index (Phi) is 14.9. The van der Waals surface area contributed by atoms with Crippen LogP contribution in [0.4, 0.5) is 22.0 Å². The second-order valence-corrected chi connectivity index (χ2v) is 7.75. The van der Waals surface area contributed by atoms with Crippen LogP contribution in [0.1, 0.15) is 71.1 Å². The minimum Gasteiger partial charge on any atom is -0.420 e. The second-order valence-electron chi connectivity index (χ2n) is 7.75. The summed E-state index contributed by atoms with van der Waals surface area (Å²) in [6.07, 6.45) is 10.2. The molecule has 184 valence electrons. The molecule has 0 radical (unpaired) electrons. The van der Waals surface area contributed by atoms with Crippen molar-refractivity contribution in [1.29, 1.82) is 0 Å². The molecule has 4 nitrogen and oxygen atoms in total. The molecule has 0 saturated heterocycles. The van der Waals surface area contributed by atoms with Crippen molar-refractivity contribution < 1.29 is 41.0 Å². The molecule has 0 bridgehead atoms. The monoisotopic (exact) mass is 468 g/mol. The Morgan fingerprint density at radius 2 is 1.47 bits per heavy atom. The van der Waals surface area contributed by atoms with E-state index in [-0.39, 0.29) is 13.2 Å². The Morgan fingerprint density at radius 1 is 0.875 bits per heavy atom. The van der Waals surface area contributed by atoms with Gasteiger partial charge in [0.1, 0.15) is 12.2 Å². The van der Waals surface area contributed by atoms with Crippen LogP contribution < -0.4 is 0 Å². The number of carbonyl (C=O) groups is 1.